The third-order valence-electron chi connectivity index (χ3n) is 4.06. The third-order valence-corrected chi connectivity index (χ3v) is 4.06. The number of hydrogen-bond acceptors (Lipinski definition) is 3. The van der Waals surface area contributed by atoms with E-state index in [0.717, 1.165) is 16.8 Å². The molecule has 4 heteroatoms. The van der Waals surface area contributed by atoms with Crippen LogP contribution in [0.25, 0.3) is 0 Å². The molecule has 1 aromatic heterocycles. The number of nitrogens with one attached hydrogen (secondary N) is 1. The highest BCUT2D eigenvalue weighted by atomic mass is 16.2. The first kappa shape index (κ1) is 14.7. The molecule has 0 saturated carbocycles. The SMILES string of the molecule is Cc1cnc(C2=NC(C)(C(C)C)C(=O)N2)c(C(C)C)c1. The third kappa shape index (κ3) is 2.35. The number of amidine groups is 1. The smallest absolute Gasteiger partial charge is 0.253 e. The number of aromatic nitrogens is 1. The van der Waals surface area contributed by atoms with Crippen molar-refractivity contribution < 1.29 is 4.79 Å². The molecule has 0 aliphatic carbocycles. The molecule has 1 atom stereocenters. The lowest BCUT2D eigenvalue weighted by Gasteiger charge is -2.21. The van der Waals surface area contributed by atoms with E-state index in [2.05, 4.69) is 35.2 Å². The van der Waals surface area contributed by atoms with Gasteiger partial charge in [-0.15, -0.1) is 0 Å². The summed E-state index contributed by atoms with van der Waals surface area (Å²) in [7, 11) is 0. The lowest BCUT2D eigenvalue weighted by Crippen LogP contribution is -2.41. The molecule has 4 nitrogen and oxygen atoms in total. The summed E-state index contributed by atoms with van der Waals surface area (Å²) in [6, 6.07) is 2.12. The molecule has 108 valence electrons. The van der Waals surface area contributed by atoms with Gasteiger partial charge in [-0.25, -0.2) is 4.99 Å². The van der Waals surface area contributed by atoms with Gasteiger partial charge < -0.3 is 5.32 Å². The molecule has 1 N–H and O–H groups in total. The molecule has 0 saturated heterocycles. The van der Waals surface area contributed by atoms with Crippen LogP contribution in [-0.4, -0.2) is 22.3 Å². The van der Waals surface area contributed by atoms with E-state index in [9.17, 15) is 4.79 Å². The molecule has 0 fully saturated rings. The van der Waals surface area contributed by atoms with Gasteiger partial charge >= 0.3 is 0 Å². The van der Waals surface area contributed by atoms with Gasteiger partial charge in [0.05, 0.1) is 0 Å². The molecule has 2 rings (SSSR count). The van der Waals surface area contributed by atoms with Crippen LogP contribution in [0, 0.1) is 12.8 Å². The second-order valence-corrected chi connectivity index (χ2v) is 6.32. The van der Waals surface area contributed by atoms with E-state index in [1.165, 1.54) is 0 Å². The van der Waals surface area contributed by atoms with Crippen LogP contribution < -0.4 is 5.32 Å². The number of aryl methyl sites for hydroxylation is 1. The normalized spacial score (nSPS) is 22.4. The minimum absolute atomic E-state index is 0.0421. The monoisotopic (exact) mass is 273 g/mol. The van der Waals surface area contributed by atoms with E-state index in [4.69, 9.17) is 0 Å². The molecule has 1 aliphatic rings. The summed E-state index contributed by atoms with van der Waals surface area (Å²) >= 11 is 0. The topological polar surface area (TPSA) is 54.4 Å². The van der Waals surface area contributed by atoms with Crippen LogP contribution in [-0.2, 0) is 4.79 Å². The Morgan fingerprint density at radius 1 is 1.25 bits per heavy atom. The van der Waals surface area contributed by atoms with Gasteiger partial charge in [-0.2, -0.15) is 0 Å². The van der Waals surface area contributed by atoms with Crippen molar-refractivity contribution >= 4 is 11.7 Å². The van der Waals surface area contributed by atoms with Gasteiger partial charge in [-0.3, -0.25) is 9.78 Å². The first-order valence-corrected chi connectivity index (χ1v) is 7.14. The molecule has 20 heavy (non-hydrogen) atoms. The molecule has 2 heterocycles. The number of carbonyl (C=O) groups excluding carboxylic acids is 1. The largest absolute Gasteiger partial charge is 0.307 e. The number of carbonyl (C=O) groups is 1. The number of pyridine rings is 1. The van der Waals surface area contributed by atoms with E-state index in [1.807, 2.05) is 33.9 Å². The Bertz CT molecular complexity index is 575. The molecule has 0 bridgehead atoms. The minimum Gasteiger partial charge on any atom is -0.307 e. The van der Waals surface area contributed by atoms with E-state index in [-0.39, 0.29) is 11.8 Å². The van der Waals surface area contributed by atoms with Crippen LogP contribution in [0.2, 0.25) is 0 Å². The molecule has 0 aromatic carbocycles. The molecular weight excluding hydrogens is 250 g/mol. The quantitative estimate of drug-likeness (QED) is 0.920. The van der Waals surface area contributed by atoms with E-state index in [0.29, 0.717) is 11.8 Å². The van der Waals surface area contributed by atoms with Crippen LogP contribution in [0.4, 0.5) is 0 Å². The van der Waals surface area contributed by atoms with E-state index >= 15 is 0 Å². The summed E-state index contributed by atoms with van der Waals surface area (Å²) < 4.78 is 0. The molecule has 0 radical (unpaired) electrons. The summed E-state index contributed by atoms with van der Waals surface area (Å²) in [5.41, 5.74) is 2.34. The Labute approximate surface area is 120 Å². The van der Waals surface area contributed by atoms with Gasteiger partial charge in [-0.05, 0) is 36.8 Å². The standard InChI is InChI=1S/C16H23N3O/c1-9(2)12-7-11(5)8-17-13(12)14-18-15(20)16(6,19-14)10(3)4/h7-10H,1-6H3,(H,18,19,20). The van der Waals surface area contributed by atoms with Crippen molar-refractivity contribution in [3.05, 3.63) is 29.1 Å². The Kier molecular flexibility index (Phi) is 3.67. The zero-order valence-corrected chi connectivity index (χ0v) is 13.1. The Morgan fingerprint density at radius 2 is 1.90 bits per heavy atom. The number of hydrogen-bond donors (Lipinski definition) is 1. The van der Waals surface area contributed by atoms with Crippen LogP contribution in [0.1, 0.15) is 57.4 Å². The molecule has 1 amide bonds. The van der Waals surface area contributed by atoms with Gasteiger partial charge in [0, 0.05) is 6.20 Å². The van der Waals surface area contributed by atoms with Crippen molar-refractivity contribution in [1.29, 1.82) is 0 Å². The number of amides is 1. The van der Waals surface area contributed by atoms with Crippen LogP contribution >= 0.6 is 0 Å². The summed E-state index contributed by atoms with van der Waals surface area (Å²) in [5.74, 6) is 1.05. The van der Waals surface area contributed by atoms with Crippen LogP contribution in [0.3, 0.4) is 0 Å². The Morgan fingerprint density at radius 3 is 2.40 bits per heavy atom. The summed E-state index contributed by atoms with van der Waals surface area (Å²) in [4.78, 5) is 21.3. The maximum atomic E-state index is 12.2. The van der Waals surface area contributed by atoms with Crippen molar-refractivity contribution in [2.45, 2.75) is 53.0 Å². The highest BCUT2D eigenvalue weighted by Crippen LogP contribution is 2.28. The zero-order valence-electron chi connectivity index (χ0n) is 13.1. The average molecular weight is 273 g/mol. The Hall–Kier alpha value is -1.71. The predicted octanol–water partition coefficient (Wildman–Crippen LogP) is 2.80. The highest BCUT2D eigenvalue weighted by molar-refractivity contribution is 6.15. The maximum absolute atomic E-state index is 12.2. The highest BCUT2D eigenvalue weighted by Gasteiger charge is 2.42. The first-order chi connectivity index (χ1) is 9.25. The lowest BCUT2D eigenvalue weighted by molar-refractivity contribution is -0.124. The Balaban J connectivity index is 2.51. The number of rotatable bonds is 3. The average Bonchev–Trinajstić information content (AvgIpc) is 2.66. The van der Waals surface area contributed by atoms with E-state index in [1.54, 1.807) is 0 Å². The molecular formula is C16H23N3O. The second kappa shape index (κ2) is 5.00. The van der Waals surface area contributed by atoms with Crippen LogP contribution in [0.5, 0.6) is 0 Å². The first-order valence-electron chi connectivity index (χ1n) is 7.14. The fraction of sp³-hybridized carbons (Fsp3) is 0.562. The van der Waals surface area contributed by atoms with E-state index < -0.39 is 5.54 Å². The lowest BCUT2D eigenvalue weighted by atomic mass is 9.89. The zero-order chi connectivity index (χ0) is 15.1. The summed E-state index contributed by atoms with van der Waals surface area (Å²) in [5, 5.41) is 2.91. The van der Waals surface area contributed by atoms with Gasteiger partial charge in [0.2, 0.25) is 0 Å². The predicted molar refractivity (Wildman–Crippen MR) is 81.0 cm³/mol. The molecule has 0 spiro atoms. The summed E-state index contributed by atoms with van der Waals surface area (Å²) in [6.07, 6.45) is 1.82. The van der Waals surface area contributed by atoms with Gasteiger partial charge in [0.25, 0.3) is 5.91 Å². The fourth-order valence-corrected chi connectivity index (χ4v) is 2.28. The van der Waals surface area contributed by atoms with Crippen molar-refractivity contribution in [2.24, 2.45) is 10.9 Å². The molecule has 1 aliphatic heterocycles. The van der Waals surface area contributed by atoms with Crippen molar-refractivity contribution in [3.8, 4) is 0 Å². The minimum atomic E-state index is -0.698. The van der Waals surface area contributed by atoms with Crippen LogP contribution in [0.15, 0.2) is 17.3 Å². The fourth-order valence-electron chi connectivity index (χ4n) is 2.28. The second-order valence-electron chi connectivity index (χ2n) is 6.32. The van der Waals surface area contributed by atoms with Crippen molar-refractivity contribution in [1.82, 2.24) is 10.3 Å². The van der Waals surface area contributed by atoms with Gasteiger partial charge in [0.1, 0.15) is 11.2 Å². The van der Waals surface area contributed by atoms with Gasteiger partial charge in [-0.1, -0.05) is 33.8 Å². The summed E-state index contributed by atoms with van der Waals surface area (Å²) in [6.45, 7) is 12.2. The van der Waals surface area contributed by atoms with Crippen molar-refractivity contribution in [3.63, 3.8) is 0 Å². The van der Waals surface area contributed by atoms with Crippen molar-refractivity contribution in [2.75, 3.05) is 0 Å². The maximum Gasteiger partial charge on any atom is 0.253 e. The number of aliphatic imine (C=N–C) groups is 1. The molecule has 1 unspecified atom stereocenters. The molecule has 1 aromatic rings. The van der Waals surface area contributed by atoms with Gasteiger partial charge in [0.15, 0.2) is 5.84 Å². The number of nitrogens with zero attached hydrogens (tertiary/aromatic N) is 2.